The van der Waals surface area contributed by atoms with E-state index in [9.17, 15) is 0 Å². The standard InChI is InChI=1S/C15H22BrNO2/c1-10(2)19-15-12(9-11-5-4-8-17-11)13(16)6-7-14(15)18-3/h6-7,10-11,17H,4-5,8-9H2,1-3H3. The quantitative estimate of drug-likeness (QED) is 0.897. The Balaban J connectivity index is 2.31. The van der Waals surface area contributed by atoms with Gasteiger partial charge in [-0.05, 0) is 51.8 Å². The van der Waals surface area contributed by atoms with Crippen LogP contribution in [-0.2, 0) is 6.42 Å². The molecule has 0 aliphatic carbocycles. The number of ether oxygens (including phenoxy) is 2. The molecule has 0 amide bonds. The SMILES string of the molecule is COc1ccc(Br)c(CC2CCCN2)c1OC(C)C. The maximum absolute atomic E-state index is 5.98. The summed E-state index contributed by atoms with van der Waals surface area (Å²) in [5.41, 5.74) is 1.20. The molecule has 1 aliphatic rings. The monoisotopic (exact) mass is 327 g/mol. The molecule has 1 fully saturated rings. The van der Waals surface area contributed by atoms with Crippen LogP contribution in [-0.4, -0.2) is 25.8 Å². The second-order valence-electron chi connectivity index (χ2n) is 5.22. The molecule has 1 saturated heterocycles. The largest absolute Gasteiger partial charge is 0.493 e. The van der Waals surface area contributed by atoms with E-state index in [2.05, 4.69) is 21.2 Å². The van der Waals surface area contributed by atoms with Gasteiger partial charge in [0.15, 0.2) is 11.5 Å². The minimum absolute atomic E-state index is 0.137. The fraction of sp³-hybridized carbons (Fsp3) is 0.600. The van der Waals surface area contributed by atoms with Crippen molar-refractivity contribution in [3.8, 4) is 11.5 Å². The van der Waals surface area contributed by atoms with Crippen molar-refractivity contribution < 1.29 is 9.47 Å². The van der Waals surface area contributed by atoms with Gasteiger partial charge in [0.25, 0.3) is 0 Å². The molecule has 19 heavy (non-hydrogen) atoms. The lowest BCUT2D eigenvalue weighted by Crippen LogP contribution is -2.24. The molecule has 0 saturated carbocycles. The molecule has 0 aromatic heterocycles. The molecule has 1 atom stereocenters. The van der Waals surface area contributed by atoms with Gasteiger partial charge >= 0.3 is 0 Å². The van der Waals surface area contributed by atoms with Crippen LogP contribution < -0.4 is 14.8 Å². The third kappa shape index (κ3) is 3.63. The lowest BCUT2D eigenvalue weighted by molar-refractivity contribution is 0.227. The first-order valence-corrected chi connectivity index (χ1v) is 7.66. The second-order valence-corrected chi connectivity index (χ2v) is 6.08. The van der Waals surface area contributed by atoms with E-state index in [0.717, 1.165) is 28.9 Å². The molecular formula is C15H22BrNO2. The summed E-state index contributed by atoms with van der Waals surface area (Å²) in [5.74, 6) is 1.69. The summed E-state index contributed by atoms with van der Waals surface area (Å²) >= 11 is 3.64. The van der Waals surface area contributed by atoms with Gasteiger partial charge in [-0.25, -0.2) is 0 Å². The molecule has 3 nitrogen and oxygen atoms in total. The average Bonchev–Trinajstić information content (AvgIpc) is 2.86. The second kappa shape index (κ2) is 6.62. The number of nitrogens with one attached hydrogen (secondary N) is 1. The first-order chi connectivity index (χ1) is 9.11. The van der Waals surface area contributed by atoms with Crippen molar-refractivity contribution in [1.82, 2.24) is 5.32 Å². The Kier molecular flexibility index (Phi) is 5.11. The summed E-state index contributed by atoms with van der Waals surface area (Å²) in [7, 11) is 1.69. The highest BCUT2D eigenvalue weighted by Crippen LogP contribution is 2.38. The summed E-state index contributed by atoms with van der Waals surface area (Å²) in [4.78, 5) is 0. The smallest absolute Gasteiger partial charge is 0.165 e. The first kappa shape index (κ1) is 14.7. The van der Waals surface area contributed by atoms with E-state index in [0.29, 0.717) is 6.04 Å². The Hall–Kier alpha value is -0.740. The summed E-state index contributed by atoms with van der Waals surface area (Å²) in [5, 5.41) is 3.53. The van der Waals surface area contributed by atoms with Gasteiger partial charge in [-0.3, -0.25) is 0 Å². The summed E-state index contributed by atoms with van der Waals surface area (Å²) in [6.07, 6.45) is 3.59. The van der Waals surface area contributed by atoms with Crippen molar-refractivity contribution in [2.45, 2.75) is 45.3 Å². The summed E-state index contributed by atoms with van der Waals surface area (Å²) in [6.45, 7) is 5.20. The van der Waals surface area contributed by atoms with Gasteiger partial charge in [-0.2, -0.15) is 0 Å². The third-order valence-corrected chi connectivity index (χ3v) is 4.10. The highest BCUT2D eigenvalue weighted by atomic mass is 79.9. The molecule has 1 N–H and O–H groups in total. The Labute approximate surface area is 123 Å². The number of halogens is 1. The van der Waals surface area contributed by atoms with Gasteiger partial charge in [0, 0.05) is 16.1 Å². The fourth-order valence-corrected chi connectivity index (χ4v) is 2.95. The molecule has 0 spiro atoms. The van der Waals surface area contributed by atoms with E-state index in [-0.39, 0.29) is 6.10 Å². The first-order valence-electron chi connectivity index (χ1n) is 6.87. The predicted molar refractivity (Wildman–Crippen MR) is 81.2 cm³/mol. The van der Waals surface area contributed by atoms with Gasteiger partial charge in [0.05, 0.1) is 13.2 Å². The zero-order valence-corrected chi connectivity index (χ0v) is 13.4. The molecule has 2 rings (SSSR count). The minimum atomic E-state index is 0.137. The molecule has 1 aromatic carbocycles. The molecule has 4 heteroatoms. The summed E-state index contributed by atoms with van der Waals surface area (Å²) < 4.78 is 12.5. The number of methoxy groups -OCH3 is 1. The van der Waals surface area contributed by atoms with Crippen LogP contribution >= 0.6 is 15.9 Å². The van der Waals surface area contributed by atoms with Crippen LogP contribution in [0.5, 0.6) is 11.5 Å². The molecule has 1 heterocycles. The van der Waals surface area contributed by atoms with E-state index < -0.39 is 0 Å². The minimum Gasteiger partial charge on any atom is -0.493 e. The highest BCUT2D eigenvalue weighted by molar-refractivity contribution is 9.10. The van der Waals surface area contributed by atoms with Crippen LogP contribution in [0.3, 0.4) is 0 Å². The van der Waals surface area contributed by atoms with Gasteiger partial charge in [0.1, 0.15) is 0 Å². The molecule has 1 aromatic rings. The van der Waals surface area contributed by atoms with Gasteiger partial charge in [-0.1, -0.05) is 15.9 Å². The van der Waals surface area contributed by atoms with E-state index in [1.165, 1.54) is 18.4 Å². The van der Waals surface area contributed by atoms with E-state index in [1.54, 1.807) is 7.11 Å². The van der Waals surface area contributed by atoms with E-state index in [1.807, 2.05) is 26.0 Å². The summed E-state index contributed by atoms with van der Waals surface area (Å²) in [6, 6.07) is 4.53. The highest BCUT2D eigenvalue weighted by Gasteiger charge is 2.21. The Morgan fingerprint density at radius 2 is 2.21 bits per heavy atom. The lowest BCUT2D eigenvalue weighted by atomic mass is 10.0. The maximum atomic E-state index is 5.98. The molecule has 1 aliphatic heterocycles. The molecule has 0 bridgehead atoms. The van der Waals surface area contributed by atoms with E-state index in [4.69, 9.17) is 9.47 Å². The van der Waals surface area contributed by atoms with Gasteiger partial charge < -0.3 is 14.8 Å². The van der Waals surface area contributed by atoms with Crippen LogP contribution in [0, 0.1) is 0 Å². The molecular weight excluding hydrogens is 306 g/mol. The maximum Gasteiger partial charge on any atom is 0.165 e. The van der Waals surface area contributed by atoms with Crippen molar-refractivity contribution in [3.63, 3.8) is 0 Å². The van der Waals surface area contributed by atoms with Crippen LogP contribution in [0.25, 0.3) is 0 Å². The third-order valence-electron chi connectivity index (χ3n) is 3.35. The zero-order valence-electron chi connectivity index (χ0n) is 11.8. The number of benzene rings is 1. The van der Waals surface area contributed by atoms with E-state index >= 15 is 0 Å². The van der Waals surface area contributed by atoms with Crippen LogP contribution in [0.1, 0.15) is 32.3 Å². The van der Waals surface area contributed by atoms with Crippen LogP contribution in [0.2, 0.25) is 0 Å². The normalized spacial score (nSPS) is 18.9. The number of rotatable bonds is 5. The molecule has 0 radical (unpaired) electrons. The van der Waals surface area contributed by atoms with Crippen molar-refractivity contribution in [3.05, 3.63) is 22.2 Å². The van der Waals surface area contributed by atoms with Gasteiger partial charge in [0.2, 0.25) is 0 Å². The molecule has 1 unspecified atom stereocenters. The topological polar surface area (TPSA) is 30.5 Å². The van der Waals surface area contributed by atoms with Crippen molar-refractivity contribution in [2.24, 2.45) is 0 Å². The Morgan fingerprint density at radius 3 is 2.79 bits per heavy atom. The number of hydrogen-bond acceptors (Lipinski definition) is 3. The fourth-order valence-electron chi connectivity index (χ4n) is 2.48. The van der Waals surface area contributed by atoms with Crippen LogP contribution in [0.4, 0.5) is 0 Å². The Morgan fingerprint density at radius 1 is 1.42 bits per heavy atom. The van der Waals surface area contributed by atoms with Crippen molar-refractivity contribution >= 4 is 15.9 Å². The lowest BCUT2D eigenvalue weighted by Gasteiger charge is -2.20. The van der Waals surface area contributed by atoms with Crippen LogP contribution in [0.15, 0.2) is 16.6 Å². The predicted octanol–water partition coefficient (Wildman–Crippen LogP) is 3.54. The van der Waals surface area contributed by atoms with Crippen molar-refractivity contribution in [2.75, 3.05) is 13.7 Å². The Bertz CT molecular complexity index is 428. The average molecular weight is 328 g/mol. The zero-order chi connectivity index (χ0) is 13.8. The molecule has 106 valence electrons. The number of hydrogen-bond donors (Lipinski definition) is 1. The van der Waals surface area contributed by atoms with Crippen molar-refractivity contribution in [1.29, 1.82) is 0 Å². The van der Waals surface area contributed by atoms with Gasteiger partial charge in [-0.15, -0.1) is 0 Å².